The van der Waals surface area contributed by atoms with E-state index in [1.165, 1.54) is 25.6 Å². The first-order valence-corrected chi connectivity index (χ1v) is 9.06. The summed E-state index contributed by atoms with van der Waals surface area (Å²) in [6.07, 6.45) is 2.18. The normalized spacial score (nSPS) is 11.6. The van der Waals surface area contributed by atoms with E-state index in [1.807, 2.05) is 30.3 Å². The molecule has 1 heterocycles. The number of benzene rings is 2. The number of carboxylic acid groups (broad SMARTS) is 1. The van der Waals surface area contributed by atoms with Crippen LogP contribution in [0.2, 0.25) is 0 Å². The molecular weight excluding hydrogens is 366 g/mol. The lowest BCUT2D eigenvalue weighted by molar-refractivity contribution is -0.136. The van der Waals surface area contributed by atoms with Crippen LogP contribution in [0.1, 0.15) is 23.4 Å². The van der Waals surface area contributed by atoms with Gasteiger partial charge in [-0.15, -0.1) is 11.3 Å². The van der Waals surface area contributed by atoms with E-state index < -0.39 is 5.97 Å². The van der Waals surface area contributed by atoms with Crippen LogP contribution in [-0.4, -0.2) is 35.4 Å². The second-order valence-corrected chi connectivity index (χ2v) is 6.85. The molecule has 0 aliphatic carbocycles. The molecule has 140 valence electrons. The molecule has 0 radical (unpaired) electrons. The number of nitrogens with zero attached hydrogens (tertiary/aromatic N) is 1. The van der Waals surface area contributed by atoms with Gasteiger partial charge in [-0.3, -0.25) is 4.79 Å². The fourth-order valence-corrected chi connectivity index (χ4v) is 3.70. The molecule has 2 aromatic carbocycles. The molecule has 0 bridgehead atoms. The zero-order chi connectivity index (χ0) is 19.4. The summed E-state index contributed by atoms with van der Waals surface area (Å²) >= 11 is 1.52. The van der Waals surface area contributed by atoms with Crippen LogP contribution in [0.5, 0.6) is 17.2 Å². The number of ether oxygens (including phenoxy) is 2. The molecule has 0 saturated heterocycles. The van der Waals surface area contributed by atoms with E-state index in [4.69, 9.17) is 14.6 Å². The third-order valence-corrected chi connectivity index (χ3v) is 5.13. The SMILES string of the molecule is COc1cc(/C=C(/CCC(=O)O)c2nc3ccccc3s2)cc(OC)c1O. The second kappa shape index (κ2) is 8.09. The highest BCUT2D eigenvalue weighted by atomic mass is 32.1. The fraction of sp³-hybridized carbons (Fsp3) is 0.200. The Morgan fingerprint density at radius 2 is 1.81 bits per heavy atom. The lowest BCUT2D eigenvalue weighted by Crippen LogP contribution is -1.96. The largest absolute Gasteiger partial charge is 0.502 e. The zero-order valence-electron chi connectivity index (χ0n) is 14.9. The third-order valence-electron chi connectivity index (χ3n) is 4.02. The Kier molecular flexibility index (Phi) is 5.61. The van der Waals surface area contributed by atoms with Gasteiger partial charge >= 0.3 is 5.97 Å². The number of hydrogen-bond acceptors (Lipinski definition) is 6. The van der Waals surface area contributed by atoms with Crippen molar-refractivity contribution in [2.75, 3.05) is 14.2 Å². The summed E-state index contributed by atoms with van der Waals surface area (Å²) in [7, 11) is 2.92. The quantitative estimate of drug-likeness (QED) is 0.626. The molecule has 0 atom stereocenters. The van der Waals surface area contributed by atoms with Crippen LogP contribution < -0.4 is 9.47 Å². The average Bonchev–Trinajstić information content (AvgIpc) is 3.09. The van der Waals surface area contributed by atoms with E-state index in [0.29, 0.717) is 6.42 Å². The maximum atomic E-state index is 11.1. The summed E-state index contributed by atoms with van der Waals surface area (Å²) < 4.78 is 11.4. The lowest BCUT2D eigenvalue weighted by atomic mass is 10.1. The Labute approximate surface area is 160 Å². The number of phenols is 1. The van der Waals surface area contributed by atoms with Crippen molar-refractivity contribution < 1.29 is 24.5 Å². The number of thiazole rings is 1. The number of allylic oxidation sites excluding steroid dienone is 1. The third kappa shape index (κ3) is 4.20. The summed E-state index contributed by atoms with van der Waals surface area (Å²) in [6.45, 7) is 0. The fourth-order valence-electron chi connectivity index (χ4n) is 2.69. The molecule has 7 heteroatoms. The van der Waals surface area contributed by atoms with Crippen LogP contribution in [0.3, 0.4) is 0 Å². The number of hydrogen-bond donors (Lipinski definition) is 2. The van der Waals surface area contributed by atoms with Gasteiger partial charge in [0, 0.05) is 6.42 Å². The van der Waals surface area contributed by atoms with Crippen molar-refractivity contribution in [2.45, 2.75) is 12.8 Å². The smallest absolute Gasteiger partial charge is 0.303 e. The number of fused-ring (bicyclic) bond motifs is 1. The number of carbonyl (C=O) groups is 1. The number of phenolic OH excluding ortho intramolecular Hbond substituents is 1. The number of methoxy groups -OCH3 is 2. The van der Waals surface area contributed by atoms with Crippen molar-refractivity contribution in [3.05, 3.63) is 47.0 Å². The lowest BCUT2D eigenvalue weighted by Gasteiger charge is -2.10. The number of para-hydroxylation sites is 1. The van der Waals surface area contributed by atoms with Crippen molar-refractivity contribution in [2.24, 2.45) is 0 Å². The Morgan fingerprint density at radius 3 is 2.41 bits per heavy atom. The van der Waals surface area contributed by atoms with E-state index in [9.17, 15) is 9.90 Å². The number of rotatable bonds is 7. The van der Waals surface area contributed by atoms with Crippen molar-refractivity contribution in [3.8, 4) is 17.2 Å². The minimum Gasteiger partial charge on any atom is -0.502 e. The van der Waals surface area contributed by atoms with Gasteiger partial charge < -0.3 is 19.7 Å². The number of aliphatic carboxylic acids is 1. The monoisotopic (exact) mass is 385 g/mol. The van der Waals surface area contributed by atoms with Gasteiger partial charge in [0.1, 0.15) is 5.01 Å². The minimum absolute atomic E-state index is 0.00584. The molecule has 3 aromatic rings. The predicted octanol–water partition coefficient (Wildman–Crippen LogP) is 4.42. The zero-order valence-corrected chi connectivity index (χ0v) is 15.7. The molecule has 6 nitrogen and oxygen atoms in total. The average molecular weight is 385 g/mol. The van der Waals surface area contributed by atoms with Gasteiger partial charge in [-0.05, 0) is 47.9 Å². The molecule has 27 heavy (non-hydrogen) atoms. The van der Waals surface area contributed by atoms with E-state index >= 15 is 0 Å². The maximum Gasteiger partial charge on any atom is 0.303 e. The van der Waals surface area contributed by atoms with Crippen molar-refractivity contribution in [3.63, 3.8) is 0 Å². The summed E-state index contributed by atoms with van der Waals surface area (Å²) in [6, 6.07) is 11.1. The minimum atomic E-state index is -0.872. The van der Waals surface area contributed by atoms with Gasteiger partial charge in [-0.25, -0.2) is 4.98 Å². The molecule has 0 saturated carbocycles. The second-order valence-electron chi connectivity index (χ2n) is 5.82. The van der Waals surface area contributed by atoms with Crippen molar-refractivity contribution in [1.29, 1.82) is 0 Å². The highest BCUT2D eigenvalue weighted by Crippen LogP contribution is 2.39. The first kappa shape index (κ1) is 18.7. The Morgan fingerprint density at radius 1 is 1.15 bits per heavy atom. The Bertz CT molecular complexity index is 951. The van der Waals surface area contributed by atoms with Crippen molar-refractivity contribution in [1.82, 2.24) is 4.98 Å². The summed E-state index contributed by atoms with van der Waals surface area (Å²) in [4.78, 5) is 15.7. The molecule has 1 aromatic heterocycles. The summed E-state index contributed by atoms with van der Waals surface area (Å²) in [5.41, 5.74) is 2.40. The van der Waals surface area contributed by atoms with Gasteiger partial charge in [0.05, 0.1) is 24.4 Å². The van der Waals surface area contributed by atoms with Gasteiger partial charge in [0.15, 0.2) is 11.5 Å². The standard InChI is InChI=1S/C20H19NO5S/c1-25-15-10-12(11-16(26-2)19(15)24)9-13(7-8-18(22)23)20-21-14-5-3-4-6-17(14)27-20/h3-6,9-11,24H,7-8H2,1-2H3,(H,22,23)/b13-9-. The topological polar surface area (TPSA) is 88.9 Å². The van der Waals surface area contributed by atoms with Gasteiger partial charge in [-0.2, -0.15) is 0 Å². The van der Waals surface area contributed by atoms with E-state index in [1.54, 1.807) is 12.1 Å². The predicted molar refractivity (Wildman–Crippen MR) is 106 cm³/mol. The maximum absolute atomic E-state index is 11.1. The van der Waals surface area contributed by atoms with Crippen LogP contribution in [0, 0.1) is 0 Å². The Hall–Kier alpha value is -3.06. The van der Waals surface area contributed by atoms with Crippen LogP contribution >= 0.6 is 11.3 Å². The van der Waals surface area contributed by atoms with E-state index in [0.717, 1.165) is 26.4 Å². The van der Waals surface area contributed by atoms with Gasteiger partial charge in [0.25, 0.3) is 0 Å². The summed E-state index contributed by atoms with van der Waals surface area (Å²) in [5, 5.41) is 19.9. The molecule has 0 amide bonds. The van der Waals surface area contributed by atoms with Crippen LogP contribution in [0.15, 0.2) is 36.4 Å². The van der Waals surface area contributed by atoms with Gasteiger partial charge in [-0.1, -0.05) is 12.1 Å². The molecule has 0 fully saturated rings. The molecule has 0 aliphatic rings. The van der Waals surface area contributed by atoms with Gasteiger partial charge in [0.2, 0.25) is 5.75 Å². The first-order valence-electron chi connectivity index (χ1n) is 8.25. The molecule has 3 rings (SSSR count). The van der Waals surface area contributed by atoms with Crippen LogP contribution in [0.4, 0.5) is 0 Å². The molecule has 0 unspecified atom stereocenters. The summed E-state index contributed by atoms with van der Waals surface area (Å²) in [5.74, 6) is -0.392. The molecular formula is C20H19NO5S. The molecule has 0 aliphatic heterocycles. The van der Waals surface area contributed by atoms with Crippen LogP contribution in [-0.2, 0) is 4.79 Å². The number of aromatic nitrogens is 1. The highest BCUT2D eigenvalue weighted by Gasteiger charge is 2.14. The van der Waals surface area contributed by atoms with E-state index in [-0.39, 0.29) is 23.7 Å². The van der Waals surface area contributed by atoms with E-state index in [2.05, 4.69) is 4.98 Å². The number of carboxylic acids is 1. The highest BCUT2D eigenvalue weighted by molar-refractivity contribution is 7.19. The van der Waals surface area contributed by atoms with Crippen LogP contribution in [0.25, 0.3) is 21.9 Å². The van der Waals surface area contributed by atoms with Crippen molar-refractivity contribution >= 4 is 39.2 Å². The first-order chi connectivity index (χ1) is 13.0. The molecule has 0 spiro atoms. The number of aromatic hydroxyl groups is 1. The molecule has 2 N–H and O–H groups in total. The Balaban J connectivity index is 2.08.